The maximum absolute atomic E-state index is 5.88. The summed E-state index contributed by atoms with van der Waals surface area (Å²) < 4.78 is 5.88. The SMILES string of the molecule is CC(C)(C)Cc1ccc2ccc(COC(C)(C)C)cc2c1. The lowest BCUT2D eigenvalue weighted by atomic mass is 9.87. The van der Waals surface area contributed by atoms with Crippen LogP contribution in [0.25, 0.3) is 10.8 Å². The van der Waals surface area contributed by atoms with E-state index in [4.69, 9.17) is 4.74 Å². The summed E-state index contributed by atoms with van der Waals surface area (Å²) in [7, 11) is 0. The lowest BCUT2D eigenvalue weighted by Crippen LogP contribution is -2.18. The molecule has 0 bridgehead atoms. The maximum atomic E-state index is 5.88. The van der Waals surface area contributed by atoms with Gasteiger partial charge in [0.05, 0.1) is 12.2 Å². The molecule has 0 heterocycles. The molecule has 0 fully saturated rings. The normalized spacial score (nSPS) is 12.9. The first-order valence-corrected chi connectivity index (χ1v) is 7.78. The van der Waals surface area contributed by atoms with E-state index in [9.17, 15) is 0 Å². The van der Waals surface area contributed by atoms with E-state index >= 15 is 0 Å². The van der Waals surface area contributed by atoms with E-state index in [1.165, 1.54) is 21.9 Å². The molecule has 0 aliphatic rings. The van der Waals surface area contributed by atoms with Crippen LogP contribution in [0.15, 0.2) is 36.4 Å². The van der Waals surface area contributed by atoms with Gasteiger partial charge in [-0.25, -0.2) is 0 Å². The third-order valence-corrected chi connectivity index (χ3v) is 3.38. The van der Waals surface area contributed by atoms with Crippen molar-refractivity contribution in [1.82, 2.24) is 0 Å². The fourth-order valence-corrected chi connectivity index (χ4v) is 2.46. The molecule has 0 amide bonds. The Balaban J connectivity index is 2.24. The van der Waals surface area contributed by atoms with Crippen molar-refractivity contribution in [1.29, 1.82) is 0 Å². The highest BCUT2D eigenvalue weighted by Crippen LogP contribution is 2.25. The lowest BCUT2D eigenvalue weighted by molar-refractivity contribution is -0.0149. The van der Waals surface area contributed by atoms with Crippen molar-refractivity contribution in [3.63, 3.8) is 0 Å². The molecule has 2 rings (SSSR count). The van der Waals surface area contributed by atoms with Crippen LogP contribution in [0.1, 0.15) is 52.7 Å². The van der Waals surface area contributed by atoms with Crippen LogP contribution in [0.5, 0.6) is 0 Å². The minimum atomic E-state index is -0.0942. The Labute approximate surface area is 129 Å². The van der Waals surface area contributed by atoms with Crippen molar-refractivity contribution in [2.24, 2.45) is 5.41 Å². The summed E-state index contributed by atoms with van der Waals surface area (Å²) in [5.74, 6) is 0. The average molecular weight is 284 g/mol. The first-order chi connectivity index (χ1) is 9.62. The number of hydrogen-bond donors (Lipinski definition) is 0. The molecule has 21 heavy (non-hydrogen) atoms. The van der Waals surface area contributed by atoms with Crippen molar-refractivity contribution in [2.75, 3.05) is 0 Å². The second-order valence-electron chi connectivity index (χ2n) is 8.15. The Kier molecular flexibility index (Phi) is 4.43. The lowest BCUT2D eigenvalue weighted by Gasteiger charge is -2.20. The minimum Gasteiger partial charge on any atom is -0.371 e. The van der Waals surface area contributed by atoms with Gasteiger partial charge in [-0.15, -0.1) is 0 Å². The molecule has 2 aromatic rings. The quantitative estimate of drug-likeness (QED) is 0.698. The monoisotopic (exact) mass is 284 g/mol. The molecule has 0 unspecified atom stereocenters. The van der Waals surface area contributed by atoms with Crippen LogP contribution in [0.2, 0.25) is 0 Å². The standard InChI is InChI=1S/C20H28O/c1-19(2,3)13-15-7-9-17-10-8-16(12-18(17)11-15)14-21-20(4,5)6/h7-12H,13-14H2,1-6H3. The Morgan fingerprint density at radius 2 is 1.33 bits per heavy atom. The van der Waals surface area contributed by atoms with E-state index in [-0.39, 0.29) is 5.60 Å². The summed E-state index contributed by atoms with van der Waals surface area (Å²) in [5.41, 5.74) is 2.87. The average Bonchev–Trinajstić information content (AvgIpc) is 2.33. The Hall–Kier alpha value is -1.34. The molecular weight excluding hydrogens is 256 g/mol. The zero-order valence-corrected chi connectivity index (χ0v) is 14.3. The predicted octanol–water partition coefficient (Wildman–Crippen LogP) is 5.74. The molecule has 0 saturated carbocycles. The van der Waals surface area contributed by atoms with Crippen molar-refractivity contribution < 1.29 is 4.74 Å². The number of ether oxygens (including phenoxy) is 1. The van der Waals surface area contributed by atoms with Gasteiger partial charge < -0.3 is 4.74 Å². The molecule has 0 aliphatic heterocycles. The van der Waals surface area contributed by atoms with Gasteiger partial charge in [0.25, 0.3) is 0 Å². The zero-order valence-electron chi connectivity index (χ0n) is 14.3. The first kappa shape index (κ1) is 16.0. The van der Waals surface area contributed by atoms with E-state index < -0.39 is 0 Å². The molecule has 0 aliphatic carbocycles. The fourth-order valence-electron chi connectivity index (χ4n) is 2.46. The molecule has 1 nitrogen and oxygen atoms in total. The van der Waals surface area contributed by atoms with E-state index in [2.05, 4.69) is 77.9 Å². The molecule has 0 atom stereocenters. The molecule has 0 radical (unpaired) electrons. The summed E-state index contributed by atoms with van der Waals surface area (Å²) in [5, 5.41) is 2.61. The van der Waals surface area contributed by atoms with Crippen LogP contribution >= 0.6 is 0 Å². The van der Waals surface area contributed by atoms with Crippen molar-refractivity contribution in [2.45, 2.75) is 60.2 Å². The topological polar surface area (TPSA) is 9.23 Å². The number of rotatable bonds is 3. The highest BCUT2D eigenvalue weighted by atomic mass is 16.5. The first-order valence-electron chi connectivity index (χ1n) is 7.78. The molecule has 0 spiro atoms. The van der Waals surface area contributed by atoms with Crippen LogP contribution < -0.4 is 0 Å². The Morgan fingerprint density at radius 3 is 1.90 bits per heavy atom. The van der Waals surface area contributed by atoms with E-state index in [1.54, 1.807) is 0 Å². The van der Waals surface area contributed by atoms with E-state index in [0.717, 1.165) is 6.42 Å². The third kappa shape index (κ3) is 5.17. The van der Waals surface area contributed by atoms with Gasteiger partial charge in [0.2, 0.25) is 0 Å². The van der Waals surface area contributed by atoms with Gasteiger partial charge in [-0.2, -0.15) is 0 Å². The van der Waals surface area contributed by atoms with Crippen LogP contribution in [0.3, 0.4) is 0 Å². The zero-order chi connectivity index (χ0) is 15.7. The van der Waals surface area contributed by atoms with Crippen LogP contribution in [0.4, 0.5) is 0 Å². The second kappa shape index (κ2) is 5.81. The summed E-state index contributed by atoms with van der Waals surface area (Å²) in [4.78, 5) is 0. The maximum Gasteiger partial charge on any atom is 0.0724 e. The summed E-state index contributed by atoms with van der Waals surface area (Å²) in [6.07, 6.45) is 1.10. The highest BCUT2D eigenvalue weighted by molar-refractivity contribution is 5.83. The molecule has 0 aromatic heterocycles. The van der Waals surface area contributed by atoms with Crippen LogP contribution in [0, 0.1) is 5.41 Å². The van der Waals surface area contributed by atoms with Gasteiger partial charge in [-0.1, -0.05) is 51.1 Å². The van der Waals surface area contributed by atoms with E-state index in [1.807, 2.05) is 0 Å². The van der Waals surface area contributed by atoms with Gasteiger partial charge in [-0.3, -0.25) is 0 Å². The van der Waals surface area contributed by atoms with Gasteiger partial charge in [0, 0.05) is 0 Å². The van der Waals surface area contributed by atoms with Crippen molar-refractivity contribution in [3.05, 3.63) is 47.5 Å². The van der Waals surface area contributed by atoms with Gasteiger partial charge in [-0.05, 0) is 60.6 Å². The third-order valence-electron chi connectivity index (χ3n) is 3.38. The molecule has 114 valence electrons. The number of benzene rings is 2. The van der Waals surface area contributed by atoms with Crippen LogP contribution in [-0.4, -0.2) is 5.60 Å². The van der Waals surface area contributed by atoms with Crippen LogP contribution in [-0.2, 0) is 17.8 Å². The Morgan fingerprint density at radius 1 is 0.762 bits per heavy atom. The summed E-state index contributed by atoms with van der Waals surface area (Å²) in [6, 6.07) is 13.4. The number of hydrogen-bond acceptors (Lipinski definition) is 1. The van der Waals surface area contributed by atoms with Gasteiger partial charge >= 0.3 is 0 Å². The van der Waals surface area contributed by atoms with Crippen molar-refractivity contribution >= 4 is 10.8 Å². The highest BCUT2D eigenvalue weighted by Gasteiger charge is 2.12. The molecule has 0 saturated heterocycles. The minimum absolute atomic E-state index is 0.0942. The largest absolute Gasteiger partial charge is 0.371 e. The van der Waals surface area contributed by atoms with Crippen molar-refractivity contribution in [3.8, 4) is 0 Å². The number of fused-ring (bicyclic) bond motifs is 1. The molecule has 1 heteroatoms. The second-order valence-corrected chi connectivity index (χ2v) is 8.15. The van der Waals surface area contributed by atoms with E-state index in [0.29, 0.717) is 12.0 Å². The van der Waals surface area contributed by atoms with Gasteiger partial charge in [0.15, 0.2) is 0 Å². The summed E-state index contributed by atoms with van der Waals surface area (Å²) >= 11 is 0. The predicted molar refractivity (Wildman–Crippen MR) is 91.6 cm³/mol. The van der Waals surface area contributed by atoms with Gasteiger partial charge in [0.1, 0.15) is 0 Å². The Bertz CT molecular complexity index is 612. The smallest absolute Gasteiger partial charge is 0.0724 e. The molecule has 0 N–H and O–H groups in total. The summed E-state index contributed by atoms with van der Waals surface area (Å²) in [6.45, 7) is 13.8. The fraction of sp³-hybridized carbons (Fsp3) is 0.500. The molecular formula is C20H28O. The molecule has 2 aromatic carbocycles.